The molecule has 6 heteroatoms. The Morgan fingerprint density at radius 1 is 1.18 bits per heavy atom. The van der Waals surface area contributed by atoms with Crippen molar-refractivity contribution >= 4 is 0 Å². The molecule has 6 nitrogen and oxygen atoms in total. The van der Waals surface area contributed by atoms with Crippen LogP contribution < -0.4 is 5.32 Å². The third-order valence-corrected chi connectivity index (χ3v) is 5.17. The lowest BCUT2D eigenvalue weighted by Gasteiger charge is -2.22. The van der Waals surface area contributed by atoms with E-state index in [9.17, 15) is 0 Å². The van der Waals surface area contributed by atoms with Crippen LogP contribution in [0.5, 0.6) is 0 Å². The van der Waals surface area contributed by atoms with E-state index in [1.807, 2.05) is 6.20 Å². The van der Waals surface area contributed by atoms with Gasteiger partial charge in [-0.25, -0.2) is 4.68 Å². The molecule has 3 rings (SSSR count). The summed E-state index contributed by atoms with van der Waals surface area (Å²) in [7, 11) is 0. The summed E-state index contributed by atoms with van der Waals surface area (Å²) in [6, 6.07) is 9.11. The maximum Gasteiger partial charge on any atom is 0.158 e. The van der Waals surface area contributed by atoms with E-state index < -0.39 is 0 Å². The Morgan fingerprint density at radius 3 is 2.64 bits per heavy atom. The van der Waals surface area contributed by atoms with Crippen LogP contribution in [0.15, 0.2) is 30.5 Å². The maximum absolute atomic E-state index is 5.78. The Morgan fingerprint density at radius 2 is 1.96 bits per heavy atom. The fourth-order valence-corrected chi connectivity index (χ4v) is 3.59. The van der Waals surface area contributed by atoms with E-state index in [-0.39, 0.29) is 6.29 Å². The van der Waals surface area contributed by atoms with Gasteiger partial charge in [-0.1, -0.05) is 44.0 Å². The highest BCUT2D eigenvalue weighted by Gasteiger charge is 2.15. The molecule has 1 fully saturated rings. The standard InChI is InChI=1S/C22H34N4O2/c1-3-7-19(8-4-2)23-15-18-10-12-21(13-11-18)26-16-20(24-25-26)17-28-22-9-5-6-14-27-22/h10-13,16,19,22-23H,3-9,14-15,17H2,1-2H3. The van der Waals surface area contributed by atoms with Crippen LogP contribution in [0.2, 0.25) is 0 Å². The largest absolute Gasteiger partial charge is 0.353 e. The monoisotopic (exact) mass is 386 g/mol. The lowest BCUT2D eigenvalue weighted by molar-refractivity contribution is -0.169. The molecule has 1 aromatic carbocycles. The molecule has 1 atom stereocenters. The molecular weight excluding hydrogens is 352 g/mol. The fraction of sp³-hybridized carbons (Fsp3) is 0.636. The number of aromatic nitrogens is 3. The summed E-state index contributed by atoms with van der Waals surface area (Å²) in [6.45, 7) is 6.62. The van der Waals surface area contributed by atoms with Gasteiger partial charge in [-0.15, -0.1) is 5.10 Å². The number of benzene rings is 1. The summed E-state index contributed by atoms with van der Waals surface area (Å²) >= 11 is 0. The summed E-state index contributed by atoms with van der Waals surface area (Å²) < 4.78 is 13.2. The maximum atomic E-state index is 5.78. The van der Waals surface area contributed by atoms with Crippen LogP contribution >= 0.6 is 0 Å². The number of ether oxygens (including phenoxy) is 2. The second-order valence-electron chi connectivity index (χ2n) is 7.58. The van der Waals surface area contributed by atoms with E-state index >= 15 is 0 Å². The van der Waals surface area contributed by atoms with Crippen molar-refractivity contribution in [2.45, 2.75) is 84.3 Å². The highest BCUT2D eigenvalue weighted by molar-refractivity contribution is 5.33. The number of hydrogen-bond donors (Lipinski definition) is 1. The Hall–Kier alpha value is -1.76. The van der Waals surface area contributed by atoms with Crippen LogP contribution in [0, 0.1) is 0 Å². The highest BCUT2D eigenvalue weighted by Crippen LogP contribution is 2.16. The van der Waals surface area contributed by atoms with E-state index in [0.29, 0.717) is 12.6 Å². The molecule has 2 aromatic rings. The van der Waals surface area contributed by atoms with E-state index in [0.717, 1.165) is 43.8 Å². The smallest absolute Gasteiger partial charge is 0.158 e. The first-order chi connectivity index (χ1) is 13.8. The molecule has 0 amide bonds. The normalized spacial score (nSPS) is 17.3. The highest BCUT2D eigenvalue weighted by atomic mass is 16.7. The zero-order chi connectivity index (χ0) is 19.6. The Labute approximate surface area is 168 Å². The minimum absolute atomic E-state index is 0.102. The van der Waals surface area contributed by atoms with Gasteiger partial charge in [-0.3, -0.25) is 0 Å². The first-order valence-electron chi connectivity index (χ1n) is 10.8. The van der Waals surface area contributed by atoms with Crippen molar-refractivity contribution < 1.29 is 9.47 Å². The molecule has 0 radical (unpaired) electrons. The average Bonchev–Trinajstić information content (AvgIpc) is 3.21. The molecule has 0 spiro atoms. The summed E-state index contributed by atoms with van der Waals surface area (Å²) in [5.41, 5.74) is 3.12. The molecular formula is C22H34N4O2. The fourth-order valence-electron chi connectivity index (χ4n) is 3.59. The third kappa shape index (κ3) is 6.40. The second-order valence-corrected chi connectivity index (χ2v) is 7.58. The second kappa shape index (κ2) is 11.3. The van der Waals surface area contributed by atoms with Gasteiger partial charge < -0.3 is 14.8 Å². The molecule has 1 aromatic heterocycles. The van der Waals surface area contributed by atoms with Crippen LogP contribution in [0.4, 0.5) is 0 Å². The van der Waals surface area contributed by atoms with Crippen LogP contribution in [0.1, 0.15) is 70.1 Å². The summed E-state index contributed by atoms with van der Waals surface area (Å²) in [5.74, 6) is 0. The molecule has 0 saturated carbocycles. The minimum Gasteiger partial charge on any atom is -0.353 e. The van der Waals surface area contributed by atoms with Gasteiger partial charge in [0.05, 0.1) is 18.5 Å². The lowest BCUT2D eigenvalue weighted by atomic mass is 10.1. The van der Waals surface area contributed by atoms with E-state index in [1.165, 1.54) is 31.2 Å². The minimum atomic E-state index is -0.102. The SMILES string of the molecule is CCCC(CCC)NCc1ccc(-n2cc(COC3CCCCO3)nn2)cc1. The number of nitrogens with one attached hydrogen (secondary N) is 1. The van der Waals surface area contributed by atoms with Gasteiger partial charge in [0.15, 0.2) is 6.29 Å². The number of nitrogens with zero attached hydrogens (tertiary/aromatic N) is 3. The summed E-state index contributed by atoms with van der Waals surface area (Å²) in [5, 5.41) is 12.1. The predicted octanol–water partition coefficient (Wildman–Crippen LogP) is 4.37. The van der Waals surface area contributed by atoms with Crippen molar-refractivity contribution in [3.05, 3.63) is 41.7 Å². The molecule has 0 aliphatic carbocycles. The Bertz CT molecular complexity index is 674. The van der Waals surface area contributed by atoms with Crippen LogP contribution in [-0.4, -0.2) is 33.9 Å². The molecule has 1 unspecified atom stereocenters. The van der Waals surface area contributed by atoms with Crippen molar-refractivity contribution in [2.75, 3.05) is 6.61 Å². The van der Waals surface area contributed by atoms with Gasteiger partial charge in [-0.2, -0.15) is 0 Å². The van der Waals surface area contributed by atoms with Crippen LogP contribution in [-0.2, 0) is 22.6 Å². The van der Waals surface area contributed by atoms with Gasteiger partial charge in [0.1, 0.15) is 5.69 Å². The molecule has 28 heavy (non-hydrogen) atoms. The Kier molecular flexibility index (Phi) is 8.45. The Balaban J connectivity index is 1.49. The van der Waals surface area contributed by atoms with Crippen molar-refractivity contribution in [1.82, 2.24) is 20.3 Å². The molecule has 1 aliphatic rings. The van der Waals surface area contributed by atoms with Crippen molar-refractivity contribution in [2.24, 2.45) is 0 Å². The van der Waals surface area contributed by atoms with Gasteiger partial charge in [0.2, 0.25) is 0 Å². The average molecular weight is 387 g/mol. The van der Waals surface area contributed by atoms with Crippen molar-refractivity contribution in [3.8, 4) is 5.69 Å². The van der Waals surface area contributed by atoms with Gasteiger partial charge >= 0.3 is 0 Å². The zero-order valence-electron chi connectivity index (χ0n) is 17.3. The van der Waals surface area contributed by atoms with Gasteiger partial charge in [0, 0.05) is 19.2 Å². The summed E-state index contributed by atoms with van der Waals surface area (Å²) in [6.07, 6.45) is 9.99. The van der Waals surface area contributed by atoms with Crippen LogP contribution in [0.3, 0.4) is 0 Å². The van der Waals surface area contributed by atoms with E-state index in [4.69, 9.17) is 9.47 Å². The molecule has 1 N–H and O–H groups in total. The third-order valence-electron chi connectivity index (χ3n) is 5.17. The van der Waals surface area contributed by atoms with Gasteiger partial charge in [0.25, 0.3) is 0 Å². The van der Waals surface area contributed by atoms with Gasteiger partial charge in [-0.05, 0) is 49.8 Å². The van der Waals surface area contributed by atoms with Crippen molar-refractivity contribution in [1.29, 1.82) is 0 Å². The lowest BCUT2D eigenvalue weighted by Crippen LogP contribution is -2.28. The topological polar surface area (TPSA) is 61.2 Å². The molecule has 1 aliphatic heterocycles. The van der Waals surface area contributed by atoms with Crippen LogP contribution in [0.25, 0.3) is 5.69 Å². The first kappa shape index (κ1) is 21.0. The summed E-state index contributed by atoms with van der Waals surface area (Å²) in [4.78, 5) is 0. The molecule has 1 saturated heterocycles. The number of rotatable bonds is 11. The molecule has 0 bridgehead atoms. The van der Waals surface area contributed by atoms with E-state index in [1.54, 1.807) is 4.68 Å². The first-order valence-corrected chi connectivity index (χ1v) is 10.8. The number of hydrogen-bond acceptors (Lipinski definition) is 5. The van der Waals surface area contributed by atoms with E-state index in [2.05, 4.69) is 53.7 Å². The molecule has 154 valence electrons. The molecule has 2 heterocycles. The predicted molar refractivity (Wildman–Crippen MR) is 110 cm³/mol. The quantitative estimate of drug-likeness (QED) is 0.621. The van der Waals surface area contributed by atoms with Crippen molar-refractivity contribution in [3.63, 3.8) is 0 Å². The zero-order valence-corrected chi connectivity index (χ0v) is 17.3.